The number of carbonyl (C=O) groups is 1. The summed E-state index contributed by atoms with van der Waals surface area (Å²) in [6.45, 7) is 22.5. The Morgan fingerprint density at radius 2 is 1.24 bits per heavy atom. The minimum absolute atomic E-state index is 0.0505. The summed E-state index contributed by atoms with van der Waals surface area (Å²) in [6, 6.07) is 0. The van der Waals surface area contributed by atoms with Crippen LogP contribution in [0.25, 0.3) is 0 Å². The Hall–Kier alpha value is 0.386. The third-order valence-corrected chi connectivity index (χ3v) is 21.9. The van der Waals surface area contributed by atoms with Crippen LogP contribution in [0, 0.1) is 0 Å². The molecular formula is C30H64O2SiSn. The van der Waals surface area contributed by atoms with Gasteiger partial charge < -0.3 is 4.79 Å². The Kier molecular flexibility index (Phi) is 23.1. The van der Waals surface area contributed by atoms with E-state index in [0.717, 1.165) is 25.7 Å². The summed E-state index contributed by atoms with van der Waals surface area (Å²) in [5.41, 5.74) is 0.0505. The van der Waals surface area contributed by atoms with Gasteiger partial charge in [-0.25, -0.2) is 0 Å². The Morgan fingerprint density at radius 1 is 0.794 bits per heavy atom. The van der Waals surface area contributed by atoms with Crippen molar-refractivity contribution < 1.29 is 9.22 Å². The fraction of sp³-hybridized carbons (Fsp3) is 0.900. The van der Waals surface area contributed by atoms with Crippen LogP contribution in [-0.4, -0.2) is 38.1 Å². The molecule has 0 saturated carbocycles. The summed E-state index contributed by atoms with van der Waals surface area (Å²) in [4.78, 5) is 10.2. The first kappa shape index (κ1) is 36.5. The fourth-order valence-electron chi connectivity index (χ4n) is 4.68. The molecule has 0 aliphatic carbocycles. The zero-order valence-corrected chi connectivity index (χ0v) is 29.1. The van der Waals surface area contributed by atoms with Gasteiger partial charge in [0.05, 0.1) is 0 Å². The molecule has 0 aromatic rings. The van der Waals surface area contributed by atoms with E-state index in [9.17, 15) is 4.79 Å². The topological polar surface area (TPSA) is 26.3 Å². The molecule has 204 valence electrons. The van der Waals surface area contributed by atoms with E-state index >= 15 is 0 Å². The van der Waals surface area contributed by atoms with Gasteiger partial charge >= 0.3 is 179 Å². The minimum Gasteiger partial charge on any atom is -0.300 e. The van der Waals surface area contributed by atoms with Gasteiger partial charge in [-0.1, -0.05) is 13.3 Å². The van der Waals surface area contributed by atoms with Gasteiger partial charge in [0.15, 0.2) is 0 Å². The van der Waals surface area contributed by atoms with Crippen molar-refractivity contribution in [1.29, 1.82) is 0 Å². The SMILES string of the molecule is CCCCC(C)(C/C=[CH]/[Sn]([CH2]CCC)([CH2]CCC)[CH2]CCC)O[Si](C)(C)C.CCCCC(C)=O. The Labute approximate surface area is 221 Å². The van der Waals surface area contributed by atoms with E-state index in [-0.39, 0.29) is 5.60 Å². The number of hydrogen-bond acceptors (Lipinski definition) is 2. The summed E-state index contributed by atoms with van der Waals surface area (Å²) in [5.74, 6) is 0.307. The van der Waals surface area contributed by atoms with Gasteiger partial charge in [-0.3, -0.25) is 0 Å². The predicted octanol–water partition coefficient (Wildman–Crippen LogP) is 10.9. The maximum atomic E-state index is 10.2. The fourth-order valence-corrected chi connectivity index (χ4v) is 20.7. The van der Waals surface area contributed by atoms with Crippen LogP contribution >= 0.6 is 0 Å². The molecule has 0 spiro atoms. The maximum Gasteiger partial charge on any atom is 0.129 e. The molecule has 4 heteroatoms. The second-order valence-electron chi connectivity index (χ2n) is 11.9. The molecule has 0 amide bonds. The van der Waals surface area contributed by atoms with Gasteiger partial charge in [-0.05, 0) is 13.3 Å². The van der Waals surface area contributed by atoms with Gasteiger partial charge in [0.1, 0.15) is 5.78 Å². The van der Waals surface area contributed by atoms with Gasteiger partial charge in [0, 0.05) is 6.42 Å². The molecule has 0 rings (SSSR count). The first-order chi connectivity index (χ1) is 15.9. The average molecular weight is 604 g/mol. The molecule has 0 aromatic carbocycles. The molecule has 2 nitrogen and oxygen atoms in total. The summed E-state index contributed by atoms with van der Waals surface area (Å²) < 4.78 is 14.3. The molecule has 34 heavy (non-hydrogen) atoms. The predicted molar refractivity (Wildman–Crippen MR) is 161 cm³/mol. The van der Waals surface area contributed by atoms with E-state index < -0.39 is 26.7 Å². The van der Waals surface area contributed by atoms with E-state index in [0.29, 0.717) is 5.78 Å². The molecular weight excluding hydrogens is 539 g/mol. The largest absolute Gasteiger partial charge is 0.300 e. The van der Waals surface area contributed by atoms with Crippen molar-refractivity contribution in [2.24, 2.45) is 0 Å². The number of carbonyl (C=O) groups excluding carboxylic acids is 1. The van der Waals surface area contributed by atoms with Crippen molar-refractivity contribution in [2.45, 2.75) is 170 Å². The molecule has 0 heterocycles. The number of Topliss-reactive ketones (excluding diaryl/α,β-unsaturated/α-hetero) is 1. The van der Waals surface area contributed by atoms with Crippen LogP contribution in [0.1, 0.15) is 132 Å². The number of unbranched alkanes of at least 4 members (excludes halogenated alkanes) is 5. The van der Waals surface area contributed by atoms with Crippen molar-refractivity contribution in [3.8, 4) is 0 Å². The number of rotatable bonds is 20. The van der Waals surface area contributed by atoms with Crippen LogP contribution in [0.3, 0.4) is 0 Å². The van der Waals surface area contributed by atoms with E-state index in [4.69, 9.17) is 4.43 Å². The quantitative estimate of drug-likeness (QED) is 0.129. The van der Waals surface area contributed by atoms with Gasteiger partial charge in [-0.2, -0.15) is 0 Å². The molecule has 0 aromatic heterocycles. The van der Waals surface area contributed by atoms with Crippen molar-refractivity contribution >= 4 is 32.5 Å². The monoisotopic (exact) mass is 604 g/mol. The minimum atomic E-state index is -2.14. The van der Waals surface area contributed by atoms with Crippen LogP contribution in [0.4, 0.5) is 0 Å². The molecule has 0 N–H and O–H groups in total. The molecule has 1 atom stereocenters. The van der Waals surface area contributed by atoms with Gasteiger partial charge in [0.25, 0.3) is 0 Å². The van der Waals surface area contributed by atoms with Gasteiger partial charge in [0.2, 0.25) is 0 Å². The van der Waals surface area contributed by atoms with Crippen LogP contribution in [0.15, 0.2) is 10.2 Å². The zero-order valence-electron chi connectivity index (χ0n) is 25.3. The Balaban J connectivity index is 0. The smallest absolute Gasteiger partial charge is 0.129 e. The van der Waals surface area contributed by atoms with Crippen molar-refractivity contribution in [3.05, 3.63) is 10.2 Å². The summed E-state index contributed by atoms with van der Waals surface area (Å²) in [6.07, 6.45) is 18.8. The van der Waals surface area contributed by atoms with Gasteiger partial charge in [-0.15, -0.1) is 0 Å². The second kappa shape index (κ2) is 21.5. The average Bonchev–Trinajstić information content (AvgIpc) is 2.76. The van der Waals surface area contributed by atoms with Crippen LogP contribution in [0.5, 0.6) is 0 Å². The number of hydrogen-bond donors (Lipinski definition) is 0. The van der Waals surface area contributed by atoms with Crippen molar-refractivity contribution in [2.75, 3.05) is 0 Å². The first-order valence-corrected chi connectivity index (χ1v) is 25.9. The summed E-state index contributed by atoms with van der Waals surface area (Å²) in [5, 5.41) is 0. The Bertz CT molecular complexity index is 491. The van der Waals surface area contributed by atoms with E-state index in [1.54, 1.807) is 20.2 Å². The maximum absolute atomic E-state index is 10.2. The van der Waals surface area contributed by atoms with Crippen LogP contribution in [0.2, 0.25) is 33.0 Å². The molecule has 0 saturated heterocycles. The third-order valence-electron chi connectivity index (χ3n) is 6.60. The summed E-state index contributed by atoms with van der Waals surface area (Å²) in [7, 11) is -1.52. The molecule has 0 aliphatic heterocycles. The van der Waals surface area contributed by atoms with Crippen LogP contribution in [-0.2, 0) is 9.22 Å². The van der Waals surface area contributed by atoms with E-state index in [1.807, 2.05) is 0 Å². The Morgan fingerprint density at radius 3 is 1.56 bits per heavy atom. The molecule has 1 unspecified atom stereocenters. The van der Waals surface area contributed by atoms with E-state index in [1.165, 1.54) is 57.8 Å². The standard InChI is InChI=1S/C12H25OSi.C6H12O.3C4H9.Sn/c1-7-9-11-12(3,10-8-2)13-14(4,5)6;1-3-4-5-6(2)7;3*1-3-4-2;/h2,8H,7,9-11H2,1,3-6H3;3-5H2,1-2H3;3*1,3-4H2,2H3;. The summed E-state index contributed by atoms with van der Waals surface area (Å²) >= 11 is -2.14. The second-order valence-corrected chi connectivity index (χ2v) is 29.3. The normalized spacial score (nSPS) is 14.1. The first-order valence-electron chi connectivity index (χ1n) is 14.8. The number of ketones is 1. The van der Waals surface area contributed by atoms with Crippen molar-refractivity contribution in [1.82, 2.24) is 0 Å². The van der Waals surface area contributed by atoms with E-state index in [2.05, 4.69) is 71.4 Å². The molecule has 0 radical (unpaired) electrons. The molecule has 0 aliphatic rings. The van der Waals surface area contributed by atoms with Crippen LogP contribution < -0.4 is 0 Å². The molecule has 0 bridgehead atoms. The molecule has 0 fully saturated rings. The van der Waals surface area contributed by atoms with Crippen molar-refractivity contribution in [3.63, 3.8) is 0 Å². The third kappa shape index (κ3) is 21.7. The zero-order chi connectivity index (χ0) is 26.5.